The number of carbonyl (C=O) groups is 2. The molecular formula is C24H27FN2O5S. The number of anilines is 1. The van der Waals surface area contributed by atoms with Crippen LogP contribution in [0.15, 0.2) is 59.5 Å². The van der Waals surface area contributed by atoms with Crippen molar-refractivity contribution >= 4 is 33.7 Å². The molecule has 3 rings (SSSR count). The Bertz CT molecular complexity index is 1110. The lowest BCUT2D eigenvalue weighted by Crippen LogP contribution is -2.31. The second-order valence-electron chi connectivity index (χ2n) is 7.77. The molecule has 33 heavy (non-hydrogen) atoms. The third-order valence-corrected chi connectivity index (χ3v) is 7.20. The molecule has 1 heterocycles. The van der Waals surface area contributed by atoms with E-state index in [1.165, 1.54) is 47.6 Å². The van der Waals surface area contributed by atoms with E-state index < -0.39 is 33.8 Å². The Morgan fingerprint density at radius 3 is 2.30 bits per heavy atom. The quantitative estimate of drug-likeness (QED) is 0.484. The van der Waals surface area contributed by atoms with E-state index in [1.807, 2.05) is 0 Å². The van der Waals surface area contributed by atoms with Gasteiger partial charge in [-0.25, -0.2) is 17.6 Å². The van der Waals surface area contributed by atoms with Crippen LogP contribution in [0, 0.1) is 5.82 Å². The summed E-state index contributed by atoms with van der Waals surface area (Å²) >= 11 is 0. The van der Waals surface area contributed by atoms with Gasteiger partial charge in [0.15, 0.2) is 6.10 Å². The van der Waals surface area contributed by atoms with E-state index in [9.17, 15) is 22.4 Å². The molecule has 1 fully saturated rings. The summed E-state index contributed by atoms with van der Waals surface area (Å²) in [7, 11) is -3.54. The third-order valence-electron chi connectivity index (χ3n) is 5.29. The number of benzene rings is 2. The highest BCUT2D eigenvalue weighted by Crippen LogP contribution is 2.21. The lowest BCUT2D eigenvalue weighted by Gasteiger charge is -2.19. The summed E-state index contributed by atoms with van der Waals surface area (Å²) in [5.74, 6) is -2.01. The highest BCUT2D eigenvalue weighted by atomic mass is 32.2. The van der Waals surface area contributed by atoms with Crippen molar-refractivity contribution in [2.45, 2.75) is 43.6 Å². The smallest absolute Gasteiger partial charge is 0.331 e. The second-order valence-corrected chi connectivity index (χ2v) is 9.71. The first-order valence-electron chi connectivity index (χ1n) is 10.8. The SMILES string of the molecule is CC(OC(=O)/C=C/c1ccc(S(=O)(=O)N2CCCCCC2)cc1)C(=O)Nc1ccccc1F. The van der Waals surface area contributed by atoms with Crippen molar-refractivity contribution in [2.75, 3.05) is 18.4 Å². The van der Waals surface area contributed by atoms with Crippen molar-refractivity contribution in [2.24, 2.45) is 0 Å². The first-order chi connectivity index (χ1) is 15.8. The van der Waals surface area contributed by atoms with E-state index in [0.29, 0.717) is 18.7 Å². The van der Waals surface area contributed by atoms with Gasteiger partial charge in [-0.05, 0) is 55.7 Å². The van der Waals surface area contributed by atoms with Crippen molar-refractivity contribution in [1.82, 2.24) is 4.31 Å². The molecule has 1 aliphatic rings. The predicted octanol–water partition coefficient (Wildman–Crippen LogP) is 3.97. The van der Waals surface area contributed by atoms with Gasteiger partial charge in [-0.15, -0.1) is 0 Å². The Hall–Kier alpha value is -3.04. The van der Waals surface area contributed by atoms with Gasteiger partial charge in [-0.2, -0.15) is 4.31 Å². The molecule has 1 atom stereocenters. The molecule has 0 aliphatic carbocycles. The maximum atomic E-state index is 13.6. The molecule has 0 aromatic heterocycles. The van der Waals surface area contributed by atoms with Gasteiger partial charge >= 0.3 is 5.97 Å². The molecule has 1 N–H and O–H groups in total. The molecule has 0 bridgehead atoms. The monoisotopic (exact) mass is 474 g/mol. The van der Waals surface area contributed by atoms with Crippen LogP contribution in [-0.2, 0) is 24.3 Å². The number of hydrogen-bond donors (Lipinski definition) is 1. The van der Waals surface area contributed by atoms with Crippen LogP contribution < -0.4 is 5.32 Å². The van der Waals surface area contributed by atoms with Crippen molar-refractivity contribution in [3.8, 4) is 0 Å². The molecule has 0 spiro atoms. The molecule has 1 unspecified atom stereocenters. The van der Waals surface area contributed by atoms with Gasteiger partial charge in [0.2, 0.25) is 10.0 Å². The lowest BCUT2D eigenvalue weighted by molar-refractivity contribution is -0.148. The number of carbonyl (C=O) groups excluding carboxylic acids is 2. The molecule has 0 saturated carbocycles. The van der Waals surface area contributed by atoms with Crippen LogP contribution in [0.5, 0.6) is 0 Å². The summed E-state index contributed by atoms with van der Waals surface area (Å²) in [5.41, 5.74) is 0.599. The van der Waals surface area contributed by atoms with Gasteiger partial charge in [0.25, 0.3) is 5.91 Å². The van der Waals surface area contributed by atoms with Crippen molar-refractivity contribution in [3.05, 3.63) is 66.0 Å². The normalized spacial score (nSPS) is 16.2. The molecule has 2 aromatic carbocycles. The van der Waals surface area contributed by atoms with Gasteiger partial charge in [0.1, 0.15) is 5.82 Å². The van der Waals surface area contributed by atoms with Crippen LogP contribution in [-0.4, -0.2) is 43.8 Å². The number of ether oxygens (including phenoxy) is 1. The molecule has 2 aromatic rings. The summed E-state index contributed by atoms with van der Waals surface area (Å²) in [6.07, 6.45) is 5.27. The molecule has 1 amide bonds. The Balaban J connectivity index is 1.56. The van der Waals surface area contributed by atoms with Gasteiger partial charge in [-0.3, -0.25) is 4.79 Å². The zero-order valence-corrected chi connectivity index (χ0v) is 19.2. The van der Waals surface area contributed by atoms with Gasteiger partial charge in [0.05, 0.1) is 10.6 Å². The minimum Gasteiger partial charge on any atom is -0.449 e. The molecule has 7 nitrogen and oxygen atoms in total. The van der Waals surface area contributed by atoms with Crippen LogP contribution in [0.4, 0.5) is 10.1 Å². The molecule has 0 radical (unpaired) electrons. The first-order valence-corrected chi connectivity index (χ1v) is 12.3. The molecule has 9 heteroatoms. The number of para-hydroxylation sites is 1. The summed E-state index contributed by atoms with van der Waals surface area (Å²) in [5, 5.41) is 2.36. The average Bonchev–Trinajstić information content (AvgIpc) is 3.10. The van der Waals surface area contributed by atoms with Crippen molar-refractivity contribution < 1.29 is 27.1 Å². The standard InChI is InChI=1S/C24H27FN2O5S/c1-18(24(29)26-22-9-5-4-8-21(22)25)32-23(28)15-12-19-10-13-20(14-11-19)33(30,31)27-16-6-2-3-7-17-27/h4-5,8-15,18H,2-3,6-7,16-17H2,1H3,(H,26,29)/b15-12+. The summed E-state index contributed by atoms with van der Waals surface area (Å²) < 4.78 is 45.9. The number of amides is 1. The summed E-state index contributed by atoms with van der Waals surface area (Å²) in [4.78, 5) is 24.4. The highest BCUT2D eigenvalue weighted by molar-refractivity contribution is 7.89. The first kappa shape index (κ1) is 24.6. The molecule has 176 valence electrons. The van der Waals surface area contributed by atoms with Crippen molar-refractivity contribution in [1.29, 1.82) is 0 Å². The van der Waals surface area contributed by atoms with Gasteiger partial charge in [0, 0.05) is 19.2 Å². The fraction of sp³-hybridized carbons (Fsp3) is 0.333. The fourth-order valence-electron chi connectivity index (χ4n) is 3.41. The number of rotatable bonds is 7. The van der Waals surface area contributed by atoms with Crippen LogP contribution >= 0.6 is 0 Å². The van der Waals surface area contributed by atoms with E-state index in [4.69, 9.17) is 4.74 Å². The Labute approximate surface area is 193 Å². The lowest BCUT2D eigenvalue weighted by atomic mass is 10.2. The zero-order chi connectivity index (χ0) is 23.8. The minimum absolute atomic E-state index is 0.00356. The van der Waals surface area contributed by atoms with Crippen molar-refractivity contribution in [3.63, 3.8) is 0 Å². The fourth-order valence-corrected chi connectivity index (χ4v) is 4.93. The predicted molar refractivity (Wildman–Crippen MR) is 123 cm³/mol. The Morgan fingerprint density at radius 2 is 1.67 bits per heavy atom. The molecule has 1 saturated heterocycles. The number of esters is 1. The van der Waals surface area contributed by atoms with Crippen LogP contribution in [0.2, 0.25) is 0 Å². The number of nitrogens with zero attached hydrogens (tertiary/aromatic N) is 1. The number of sulfonamides is 1. The van der Waals surface area contributed by atoms with Crippen LogP contribution in [0.3, 0.4) is 0 Å². The maximum absolute atomic E-state index is 13.6. The van der Waals surface area contributed by atoms with Crippen LogP contribution in [0.25, 0.3) is 6.08 Å². The summed E-state index contributed by atoms with van der Waals surface area (Å²) in [6.45, 7) is 2.43. The Morgan fingerprint density at radius 1 is 1.03 bits per heavy atom. The largest absolute Gasteiger partial charge is 0.449 e. The molecule has 1 aliphatic heterocycles. The van der Waals surface area contributed by atoms with Gasteiger partial charge in [-0.1, -0.05) is 37.1 Å². The third kappa shape index (κ3) is 6.72. The van der Waals surface area contributed by atoms with E-state index >= 15 is 0 Å². The average molecular weight is 475 g/mol. The minimum atomic E-state index is -3.54. The summed E-state index contributed by atoms with van der Waals surface area (Å²) in [6, 6.07) is 11.9. The topological polar surface area (TPSA) is 92.8 Å². The molecular weight excluding hydrogens is 447 g/mol. The van der Waals surface area contributed by atoms with E-state index in [0.717, 1.165) is 31.8 Å². The van der Waals surface area contributed by atoms with E-state index in [2.05, 4.69) is 5.32 Å². The number of nitrogens with one attached hydrogen (secondary N) is 1. The van der Waals surface area contributed by atoms with Gasteiger partial charge < -0.3 is 10.1 Å². The maximum Gasteiger partial charge on any atom is 0.331 e. The van der Waals surface area contributed by atoms with E-state index in [-0.39, 0.29) is 10.6 Å². The van der Waals surface area contributed by atoms with E-state index in [1.54, 1.807) is 18.2 Å². The van der Waals surface area contributed by atoms with Crippen LogP contribution in [0.1, 0.15) is 38.2 Å². The number of hydrogen-bond acceptors (Lipinski definition) is 5. The number of halogens is 1. The second kappa shape index (κ2) is 11.2. The zero-order valence-electron chi connectivity index (χ0n) is 18.4. The highest BCUT2D eigenvalue weighted by Gasteiger charge is 2.24. The Kier molecular flexibility index (Phi) is 8.35.